The molecule has 0 aliphatic heterocycles. The van der Waals surface area contributed by atoms with Crippen LogP contribution >= 0.6 is 69.6 Å². The fourth-order valence-corrected chi connectivity index (χ4v) is 6.59. The predicted octanol–water partition coefficient (Wildman–Crippen LogP) is 15.7. The normalized spacial score (nSPS) is 10.6. The lowest BCUT2D eigenvalue weighted by molar-refractivity contribution is 0.0977. The highest BCUT2D eigenvalue weighted by Gasteiger charge is 2.20. The maximum Gasteiger partial charge on any atom is 0.258 e. The summed E-state index contributed by atoms with van der Waals surface area (Å²) in [5.74, 6) is -0.220. The van der Waals surface area contributed by atoms with E-state index in [9.17, 15) is 9.59 Å². The van der Waals surface area contributed by atoms with Crippen LogP contribution < -0.4 is 9.80 Å². The molecule has 60 heavy (non-hydrogen) atoms. The molecule has 0 saturated carbocycles. The van der Waals surface area contributed by atoms with Crippen LogP contribution in [-0.2, 0) is 0 Å². The second kappa shape index (κ2) is 23.3. The summed E-state index contributed by atoms with van der Waals surface area (Å²) in [4.78, 5) is 30.8. The zero-order valence-corrected chi connectivity index (χ0v) is 37.4. The van der Waals surface area contributed by atoms with Gasteiger partial charge in [-0.15, -0.1) is 0 Å². The number of hydrogen-bond donors (Lipinski definition) is 0. The quantitative estimate of drug-likeness (QED) is 0.128. The molecule has 0 unspecified atom stereocenters. The minimum Gasteiger partial charge on any atom is -0.309 e. The number of halogens is 6. The van der Waals surface area contributed by atoms with E-state index in [1.165, 1.54) is 22.3 Å². The summed E-state index contributed by atoms with van der Waals surface area (Å²) in [7, 11) is 0. The van der Waals surface area contributed by atoms with Gasteiger partial charge in [0.25, 0.3) is 11.8 Å². The van der Waals surface area contributed by atoms with Crippen molar-refractivity contribution in [3.63, 3.8) is 0 Å². The van der Waals surface area contributed by atoms with Gasteiger partial charge in [0, 0.05) is 35.6 Å². The molecule has 0 bridgehead atoms. The standard InChI is InChI=1S/C48H40N2O2.2CHCl3/c1-3-49(45-31-27-41(28-32-45)39-19-15-37(16-20-39)35-11-7-5-8-12-35)47(51)43-23-25-44(26-24-43)48(52)50(4-2)46-33-29-42(30-34-46)40-21-17-38(18-22-40)36-13-9-6-10-14-36;2*2-1(3)4/h5-34H,3-4H2,1-2H3;2*1H. The maximum atomic E-state index is 13.7. The minimum atomic E-state index is -0.750. The zero-order chi connectivity index (χ0) is 43.0. The van der Waals surface area contributed by atoms with E-state index in [0.29, 0.717) is 24.2 Å². The van der Waals surface area contributed by atoms with Gasteiger partial charge in [0.05, 0.1) is 0 Å². The van der Waals surface area contributed by atoms with Crippen molar-refractivity contribution in [3.05, 3.63) is 193 Å². The predicted molar refractivity (Wildman–Crippen MR) is 258 cm³/mol. The van der Waals surface area contributed by atoms with Crippen LogP contribution in [0, 0.1) is 0 Å². The van der Waals surface area contributed by atoms with Gasteiger partial charge in [0.2, 0.25) is 0 Å². The highest BCUT2D eigenvalue weighted by Crippen LogP contribution is 2.29. The number of alkyl halides is 6. The first-order chi connectivity index (χ1) is 29.0. The Hall–Kier alpha value is -4.78. The summed E-state index contributed by atoms with van der Waals surface area (Å²) in [6.45, 7) is 4.97. The average Bonchev–Trinajstić information content (AvgIpc) is 3.28. The number of carbonyl (C=O) groups excluding carboxylic acids is 2. The van der Waals surface area contributed by atoms with Crippen molar-refractivity contribution in [2.45, 2.75) is 22.4 Å². The molecule has 10 heteroatoms. The highest BCUT2D eigenvalue weighted by atomic mass is 35.6. The third kappa shape index (κ3) is 13.1. The van der Waals surface area contributed by atoms with Gasteiger partial charge >= 0.3 is 0 Å². The lowest BCUT2D eigenvalue weighted by Gasteiger charge is -2.23. The summed E-state index contributed by atoms with van der Waals surface area (Å²) >= 11 is 28.8. The topological polar surface area (TPSA) is 40.6 Å². The number of nitrogens with zero attached hydrogens (tertiary/aromatic N) is 2. The van der Waals surface area contributed by atoms with Gasteiger partial charge in [0.15, 0.2) is 8.59 Å². The maximum absolute atomic E-state index is 13.7. The van der Waals surface area contributed by atoms with Gasteiger partial charge in [-0.25, -0.2) is 0 Å². The van der Waals surface area contributed by atoms with Gasteiger partial charge in [-0.1, -0.05) is 203 Å². The third-order valence-corrected chi connectivity index (χ3v) is 9.51. The molecule has 0 N–H and O–H groups in total. The number of carbonyl (C=O) groups is 2. The van der Waals surface area contributed by atoms with E-state index in [-0.39, 0.29) is 11.8 Å². The smallest absolute Gasteiger partial charge is 0.258 e. The van der Waals surface area contributed by atoms with Crippen molar-refractivity contribution in [2.24, 2.45) is 0 Å². The molecule has 0 spiro atoms. The molecule has 0 aliphatic rings. The van der Waals surface area contributed by atoms with E-state index >= 15 is 0 Å². The monoisotopic (exact) mass is 912 g/mol. The van der Waals surface area contributed by atoms with Crippen molar-refractivity contribution in [2.75, 3.05) is 22.9 Å². The van der Waals surface area contributed by atoms with Gasteiger partial charge in [-0.3, -0.25) is 9.59 Å². The number of anilines is 2. The molecule has 0 aromatic heterocycles. The van der Waals surface area contributed by atoms with E-state index in [2.05, 4.69) is 97.1 Å². The molecule has 7 rings (SSSR count). The van der Waals surface area contributed by atoms with E-state index in [4.69, 9.17) is 69.6 Å². The molecule has 2 amide bonds. The van der Waals surface area contributed by atoms with Crippen LogP contribution in [0.15, 0.2) is 182 Å². The van der Waals surface area contributed by atoms with Gasteiger partial charge in [-0.05, 0) is 107 Å². The molecule has 0 heterocycles. The van der Waals surface area contributed by atoms with Gasteiger partial charge < -0.3 is 9.80 Å². The first-order valence-electron chi connectivity index (χ1n) is 19.1. The zero-order valence-electron chi connectivity index (χ0n) is 32.9. The Morgan fingerprint density at radius 3 is 0.767 bits per heavy atom. The minimum absolute atomic E-state index is 0.110. The Balaban J connectivity index is 0.000000785. The molecule has 0 saturated heterocycles. The molecule has 306 valence electrons. The molecule has 0 radical (unpaired) electrons. The molecular formula is C50H42Cl6N2O2. The number of amides is 2. The third-order valence-electron chi connectivity index (χ3n) is 9.51. The van der Waals surface area contributed by atoms with Crippen molar-refractivity contribution in [3.8, 4) is 44.5 Å². The SMILES string of the molecule is CCN(C(=O)c1ccc(C(=O)N(CC)c2ccc(-c3ccc(-c4ccccc4)cc3)cc2)cc1)c1ccc(-c2ccc(-c3ccccc3)cc2)cc1.ClC(Cl)Cl.ClC(Cl)Cl. The Kier molecular flexibility index (Phi) is 18.0. The van der Waals surface area contributed by atoms with Crippen LogP contribution in [0.1, 0.15) is 34.6 Å². The largest absolute Gasteiger partial charge is 0.309 e. The van der Waals surface area contributed by atoms with Crippen LogP contribution in [-0.4, -0.2) is 33.5 Å². The van der Waals surface area contributed by atoms with Crippen molar-refractivity contribution in [1.29, 1.82) is 0 Å². The number of hydrogen-bond acceptors (Lipinski definition) is 2. The molecule has 0 aliphatic carbocycles. The Bertz CT molecular complexity index is 2200. The Morgan fingerprint density at radius 1 is 0.350 bits per heavy atom. The first kappa shape index (κ1) is 46.3. The molecule has 4 nitrogen and oxygen atoms in total. The number of benzene rings is 7. The summed E-state index contributed by atoms with van der Waals surface area (Å²) in [5.41, 5.74) is 11.8. The van der Waals surface area contributed by atoms with Crippen LogP contribution in [0.5, 0.6) is 0 Å². The molecule has 7 aromatic rings. The highest BCUT2D eigenvalue weighted by molar-refractivity contribution is 6.63. The second-order valence-electron chi connectivity index (χ2n) is 13.2. The van der Waals surface area contributed by atoms with E-state index < -0.39 is 8.59 Å². The summed E-state index contributed by atoms with van der Waals surface area (Å²) in [5, 5.41) is 0. The molecule has 7 aromatic carbocycles. The summed E-state index contributed by atoms with van der Waals surface area (Å²) in [6.07, 6.45) is 0. The van der Waals surface area contributed by atoms with Gasteiger partial charge in [-0.2, -0.15) is 0 Å². The number of rotatable bonds is 10. The average molecular weight is 916 g/mol. The Labute approximate surface area is 382 Å². The Morgan fingerprint density at radius 2 is 0.550 bits per heavy atom. The lowest BCUT2D eigenvalue weighted by Crippen LogP contribution is -2.31. The van der Waals surface area contributed by atoms with Gasteiger partial charge in [0.1, 0.15) is 0 Å². The lowest BCUT2D eigenvalue weighted by atomic mass is 10.00. The first-order valence-corrected chi connectivity index (χ1v) is 21.7. The van der Waals surface area contributed by atoms with Crippen LogP contribution in [0.3, 0.4) is 0 Å². The fourth-order valence-electron chi connectivity index (χ4n) is 6.59. The van der Waals surface area contributed by atoms with Crippen LogP contribution in [0.4, 0.5) is 11.4 Å². The molecule has 0 fully saturated rings. The van der Waals surface area contributed by atoms with E-state index in [1.54, 1.807) is 34.1 Å². The van der Waals surface area contributed by atoms with Crippen LogP contribution in [0.2, 0.25) is 0 Å². The molecular weight excluding hydrogens is 873 g/mol. The second-order valence-corrected chi connectivity index (χ2v) is 17.1. The van der Waals surface area contributed by atoms with E-state index in [0.717, 1.165) is 33.6 Å². The fraction of sp³-hybridized carbons (Fsp3) is 0.120. The summed E-state index contributed by atoms with van der Waals surface area (Å²) < 4.78 is -1.50. The van der Waals surface area contributed by atoms with Crippen molar-refractivity contribution < 1.29 is 9.59 Å². The summed E-state index contributed by atoms with van der Waals surface area (Å²) in [6, 6.07) is 60.9. The van der Waals surface area contributed by atoms with Crippen molar-refractivity contribution >= 4 is 92.8 Å². The molecule has 0 atom stereocenters. The van der Waals surface area contributed by atoms with E-state index in [1.807, 2.05) is 74.5 Å². The van der Waals surface area contributed by atoms with Crippen LogP contribution in [0.25, 0.3) is 44.5 Å². The van der Waals surface area contributed by atoms with Crippen molar-refractivity contribution in [1.82, 2.24) is 0 Å².